The van der Waals surface area contributed by atoms with Crippen LogP contribution in [0.15, 0.2) is 58.8 Å². The Morgan fingerprint density at radius 3 is 2.00 bits per heavy atom. The molecule has 46 heavy (non-hydrogen) atoms. The number of benzene rings is 1. The van der Waals surface area contributed by atoms with E-state index in [4.69, 9.17) is 40.1 Å². The van der Waals surface area contributed by atoms with Crippen molar-refractivity contribution in [3.63, 3.8) is 0 Å². The topological polar surface area (TPSA) is 221 Å². The number of alkyl halides is 3. The lowest BCUT2D eigenvalue weighted by molar-refractivity contribution is -0.192. The van der Waals surface area contributed by atoms with Gasteiger partial charge in [-0.3, -0.25) is 33.7 Å². The molecule has 0 fully saturated rings. The van der Waals surface area contributed by atoms with Gasteiger partial charge in [0.25, 0.3) is 11.1 Å². The molecule has 0 atom stereocenters. The fraction of sp³-hybridized carbons (Fsp3) is 0.231. The molecule has 8 N–H and O–H groups in total. The Bertz CT molecular complexity index is 2210. The molecule has 0 aliphatic heterocycles. The average molecular weight is 678 g/mol. The van der Waals surface area contributed by atoms with Gasteiger partial charge in [-0.05, 0) is 42.1 Å². The van der Waals surface area contributed by atoms with Gasteiger partial charge in [-0.1, -0.05) is 18.2 Å². The Hall–Kier alpha value is -5.05. The highest BCUT2D eigenvalue weighted by Crippen LogP contribution is 2.16. The van der Waals surface area contributed by atoms with Crippen LogP contribution in [0, 0.1) is 9.54 Å². The van der Waals surface area contributed by atoms with Crippen molar-refractivity contribution in [2.45, 2.75) is 25.8 Å². The number of para-hydroxylation sites is 1. The van der Waals surface area contributed by atoms with Gasteiger partial charge >= 0.3 is 12.1 Å². The molecule has 6 rings (SSSR count). The third-order valence-corrected chi connectivity index (χ3v) is 6.94. The van der Waals surface area contributed by atoms with Crippen LogP contribution in [0.1, 0.15) is 5.56 Å². The van der Waals surface area contributed by atoms with Gasteiger partial charge in [0, 0.05) is 44.3 Å². The number of carboxylic acids is 1. The molecule has 0 saturated carbocycles. The number of carbonyl (C=O) groups is 1. The van der Waals surface area contributed by atoms with E-state index in [1.807, 2.05) is 35.0 Å². The number of hydrogen-bond acceptors (Lipinski definition) is 10. The number of carboxylic acid groups (broad SMARTS) is 1. The number of pyridine rings is 1. The summed E-state index contributed by atoms with van der Waals surface area (Å²) < 4.78 is 36.0. The van der Waals surface area contributed by atoms with E-state index in [2.05, 4.69) is 46.3 Å². The van der Waals surface area contributed by atoms with E-state index in [0.717, 1.165) is 17.4 Å². The Morgan fingerprint density at radius 2 is 1.46 bits per heavy atom. The zero-order valence-corrected chi connectivity index (χ0v) is 25.2. The Labute approximate surface area is 265 Å². The Kier molecular flexibility index (Phi) is 10.9. The number of imidazole rings is 2. The number of halogens is 3. The van der Waals surface area contributed by atoms with Gasteiger partial charge in [0.2, 0.25) is 0 Å². The van der Waals surface area contributed by atoms with E-state index in [0.29, 0.717) is 58.0 Å². The maximum atomic E-state index is 11.8. The molecular weight excluding hydrogens is 651 g/mol. The summed E-state index contributed by atoms with van der Waals surface area (Å²) in [6.07, 6.45) is -0.298. The minimum Gasteiger partial charge on any atom is -0.475 e. The summed E-state index contributed by atoms with van der Waals surface area (Å²) in [7, 11) is 0. The minimum absolute atomic E-state index is 0.245. The zero-order valence-electron chi connectivity index (χ0n) is 23.6. The standard InChI is InChI=1S/C17H16N6OS.C7H9N5OS.C2HF3O2/c24-16-14-15(21-10-20-14)23(17(25)22-16)8-7-18-9-11-5-6-19-13-4-2-1-3-12(11)13;8-1-2-12-5-4(9-3-10-5)6(13)11-7(12)14;3-2(4,5)1(6)7/h1-6,10,18H,7-9H2,(H,20,21)(H,22,24,25);3H,1-2,8H2,(H,9,10)(H,11,13,14);(H,6,7). The van der Waals surface area contributed by atoms with Crippen LogP contribution in [0.3, 0.4) is 0 Å². The number of hydrogen-bond donors (Lipinski definition) is 7. The number of rotatable bonds is 7. The van der Waals surface area contributed by atoms with Crippen LogP contribution >= 0.6 is 24.4 Å². The van der Waals surface area contributed by atoms with Gasteiger partial charge in [-0.15, -0.1) is 0 Å². The molecule has 6 aromatic rings. The molecule has 5 heterocycles. The number of nitrogens with two attached hydrogens (primary N) is 1. The molecule has 0 saturated heterocycles. The molecule has 5 aromatic heterocycles. The highest BCUT2D eigenvalue weighted by Gasteiger charge is 2.38. The molecular formula is C26H26F3N11O4S2. The molecule has 1 aromatic carbocycles. The summed E-state index contributed by atoms with van der Waals surface area (Å²) in [5.74, 6) is -2.76. The second-order valence-electron chi connectivity index (χ2n) is 9.28. The van der Waals surface area contributed by atoms with Gasteiger partial charge in [0.05, 0.1) is 18.2 Å². The fourth-order valence-corrected chi connectivity index (χ4v) is 4.77. The molecule has 0 aliphatic carbocycles. The van der Waals surface area contributed by atoms with Crippen molar-refractivity contribution < 1.29 is 23.1 Å². The first-order valence-electron chi connectivity index (χ1n) is 13.3. The Morgan fingerprint density at radius 1 is 0.913 bits per heavy atom. The van der Waals surface area contributed by atoms with Crippen LogP contribution in [0.5, 0.6) is 0 Å². The average Bonchev–Trinajstić information content (AvgIpc) is 3.70. The summed E-state index contributed by atoms with van der Waals surface area (Å²) in [6.45, 7) is 3.02. The van der Waals surface area contributed by atoms with E-state index in [-0.39, 0.29) is 11.1 Å². The minimum atomic E-state index is -5.08. The lowest BCUT2D eigenvalue weighted by Crippen LogP contribution is -2.22. The van der Waals surface area contributed by atoms with Crippen molar-refractivity contribution in [3.8, 4) is 0 Å². The lowest BCUT2D eigenvalue weighted by Gasteiger charge is -2.10. The highest BCUT2D eigenvalue weighted by atomic mass is 32.1. The van der Waals surface area contributed by atoms with Crippen LogP contribution < -0.4 is 22.2 Å². The number of fused-ring (bicyclic) bond motifs is 3. The molecule has 242 valence electrons. The summed E-state index contributed by atoms with van der Waals surface area (Å²) >= 11 is 10.3. The van der Waals surface area contributed by atoms with Gasteiger partial charge in [-0.2, -0.15) is 13.2 Å². The van der Waals surface area contributed by atoms with Crippen molar-refractivity contribution in [3.05, 3.63) is 85.0 Å². The monoisotopic (exact) mass is 677 g/mol. The molecule has 0 amide bonds. The number of aliphatic carboxylic acids is 1. The van der Waals surface area contributed by atoms with Crippen molar-refractivity contribution in [2.24, 2.45) is 5.73 Å². The van der Waals surface area contributed by atoms with Crippen molar-refractivity contribution in [1.29, 1.82) is 0 Å². The van der Waals surface area contributed by atoms with Crippen molar-refractivity contribution >= 4 is 63.6 Å². The van der Waals surface area contributed by atoms with Crippen LogP contribution in [-0.2, 0) is 24.4 Å². The molecule has 0 radical (unpaired) electrons. The third-order valence-electron chi connectivity index (χ3n) is 6.30. The number of H-pyrrole nitrogens is 4. The number of aromatic amines is 4. The summed E-state index contributed by atoms with van der Waals surface area (Å²) in [5.41, 5.74) is 9.10. The first-order valence-corrected chi connectivity index (χ1v) is 14.1. The van der Waals surface area contributed by atoms with E-state index < -0.39 is 12.1 Å². The smallest absolute Gasteiger partial charge is 0.475 e. The highest BCUT2D eigenvalue weighted by molar-refractivity contribution is 7.71. The molecule has 0 spiro atoms. The van der Waals surface area contributed by atoms with Crippen molar-refractivity contribution in [2.75, 3.05) is 13.1 Å². The largest absolute Gasteiger partial charge is 0.490 e. The second kappa shape index (κ2) is 14.8. The van der Waals surface area contributed by atoms with Gasteiger partial charge in [-0.25, -0.2) is 14.8 Å². The normalized spacial score (nSPS) is 11.2. The third kappa shape index (κ3) is 7.96. The van der Waals surface area contributed by atoms with Crippen LogP contribution in [-0.4, -0.2) is 74.4 Å². The maximum absolute atomic E-state index is 11.8. The maximum Gasteiger partial charge on any atom is 0.490 e. The Balaban J connectivity index is 0.000000192. The summed E-state index contributed by atoms with van der Waals surface area (Å²) in [5, 5.41) is 11.7. The predicted molar refractivity (Wildman–Crippen MR) is 167 cm³/mol. The number of nitrogens with zero attached hydrogens (tertiary/aromatic N) is 5. The first-order chi connectivity index (χ1) is 21.9. The predicted octanol–water partition coefficient (Wildman–Crippen LogP) is 2.49. The number of aromatic nitrogens is 9. The quantitative estimate of drug-likeness (QED) is 0.0961. The first kappa shape index (κ1) is 33.8. The van der Waals surface area contributed by atoms with Gasteiger partial charge in [0.15, 0.2) is 20.8 Å². The molecule has 15 nitrogen and oxygen atoms in total. The molecule has 0 aliphatic rings. The number of nitrogens with one attached hydrogen (secondary N) is 5. The molecule has 20 heteroatoms. The summed E-state index contributed by atoms with van der Waals surface area (Å²) in [6, 6.07) is 10.1. The van der Waals surface area contributed by atoms with Gasteiger partial charge in [0.1, 0.15) is 11.0 Å². The molecule has 0 bridgehead atoms. The van der Waals surface area contributed by atoms with Gasteiger partial charge < -0.3 is 26.1 Å². The van der Waals surface area contributed by atoms with Crippen LogP contribution in [0.2, 0.25) is 0 Å². The second-order valence-corrected chi connectivity index (χ2v) is 10.1. The SMILES string of the molecule is NCCn1c(=S)[nH]c(=O)c2[nH]cnc21.O=C(O)C(F)(F)F.O=c1[nH]c(=S)n(CCNCc2ccnc3ccccc23)c2nc[nH]c12. The van der Waals surface area contributed by atoms with Crippen LogP contribution in [0.25, 0.3) is 33.2 Å². The summed E-state index contributed by atoms with van der Waals surface area (Å²) in [4.78, 5) is 55.5. The van der Waals surface area contributed by atoms with E-state index >= 15 is 0 Å². The van der Waals surface area contributed by atoms with Crippen LogP contribution in [0.4, 0.5) is 13.2 Å². The fourth-order valence-electron chi connectivity index (χ4n) is 4.23. The van der Waals surface area contributed by atoms with Crippen molar-refractivity contribution in [1.82, 2.24) is 49.3 Å². The lowest BCUT2D eigenvalue weighted by atomic mass is 10.1. The van der Waals surface area contributed by atoms with E-state index in [1.54, 1.807) is 4.57 Å². The zero-order chi connectivity index (χ0) is 33.4. The molecule has 0 unspecified atom stereocenters. The van der Waals surface area contributed by atoms with E-state index in [9.17, 15) is 22.8 Å². The van der Waals surface area contributed by atoms with E-state index in [1.165, 1.54) is 18.2 Å².